The van der Waals surface area contributed by atoms with Gasteiger partial charge in [-0.3, -0.25) is 14.9 Å². The van der Waals surface area contributed by atoms with E-state index in [4.69, 9.17) is 9.47 Å². The van der Waals surface area contributed by atoms with E-state index in [0.717, 1.165) is 0 Å². The first kappa shape index (κ1) is 24.6. The quantitative estimate of drug-likeness (QED) is 0.406. The van der Waals surface area contributed by atoms with E-state index in [2.05, 4.69) is 0 Å². The van der Waals surface area contributed by atoms with Gasteiger partial charge in [-0.1, -0.05) is 13.8 Å². The molecular weight excluding hydrogens is 390 g/mol. The number of halogens is 4. The fourth-order valence-electron chi connectivity index (χ4n) is 3.69. The number of alkyl halides is 4. The molecule has 11 heteroatoms. The fraction of sp³-hybridized carbons (Fsp3) is 0.882. The van der Waals surface area contributed by atoms with Gasteiger partial charge in [-0.2, -0.15) is 0 Å². The van der Waals surface area contributed by atoms with Crippen molar-refractivity contribution in [3.63, 3.8) is 0 Å². The number of hydrogen-bond acceptors (Lipinski definition) is 7. The lowest BCUT2D eigenvalue weighted by molar-refractivity contribution is -0.289. The monoisotopic (exact) mass is 417 g/mol. The maximum Gasteiger partial charge on any atom is 0.313 e. The third-order valence-corrected chi connectivity index (χ3v) is 4.70. The van der Waals surface area contributed by atoms with Crippen molar-refractivity contribution in [1.29, 1.82) is 0 Å². The Morgan fingerprint density at radius 2 is 1.29 bits per heavy atom. The van der Waals surface area contributed by atoms with Gasteiger partial charge in [-0.15, -0.1) is 0 Å². The number of carbonyl (C=O) groups is 2. The zero-order valence-corrected chi connectivity index (χ0v) is 16.1. The van der Waals surface area contributed by atoms with Gasteiger partial charge in [0.15, 0.2) is 11.4 Å². The molecule has 1 rings (SSSR count). The first-order valence-corrected chi connectivity index (χ1v) is 9.00. The summed E-state index contributed by atoms with van der Waals surface area (Å²) >= 11 is 0. The van der Waals surface area contributed by atoms with Crippen LogP contribution in [0.5, 0.6) is 0 Å². The van der Waals surface area contributed by atoms with Crippen LogP contribution in [0, 0.1) is 23.7 Å². The molecule has 3 N–H and O–H groups in total. The van der Waals surface area contributed by atoms with Crippen LogP contribution in [0.1, 0.15) is 34.1 Å². The minimum absolute atomic E-state index is 0.210. The van der Waals surface area contributed by atoms with Crippen LogP contribution in [0.2, 0.25) is 0 Å². The predicted molar refractivity (Wildman–Crippen MR) is 88.2 cm³/mol. The number of hydrogen-bond donors (Lipinski definition) is 3. The number of aliphatic hydroxyl groups is 2. The SMILES string of the molecule is CCOC(=O)C1C(CC(C)C)[C@@H](C(=O)OCC)[C@](O)(C(F)F)NC1(O)C(F)F. The van der Waals surface area contributed by atoms with Crippen LogP contribution in [0.15, 0.2) is 0 Å². The first-order valence-electron chi connectivity index (χ1n) is 9.00. The highest BCUT2D eigenvalue weighted by Crippen LogP contribution is 2.48. The molecule has 0 aliphatic carbocycles. The van der Waals surface area contributed by atoms with Crippen LogP contribution >= 0.6 is 0 Å². The van der Waals surface area contributed by atoms with Gasteiger partial charge in [-0.25, -0.2) is 17.6 Å². The Balaban J connectivity index is 3.69. The molecule has 0 aromatic rings. The molecule has 1 heterocycles. The largest absolute Gasteiger partial charge is 0.466 e. The van der Waals surface area contributed by atoms with Crippen molar-refractivity contribution in [1.82, 2.24) is 5.32 Å². The van der Waals surface area contributed by atoms with Crippen LogP contribution in [0.3, 0.4) is 0 Å². The minimum atomic E-state index is -3.75. The van der Waals surface area contributed by atoms with Gasteiger partial charge < -0.3 is 19.7 Å². The Bertz CT molecular complexity index is 522. The van der Waals surface area contributed by atoms with Crippen molar-refractivity contribution in [2.24, 2.45) is 23.7 Å². The predicted octanol–water partition coefficient (Wildman–Crippen LogP) is 1.52. The average molecular weight is 417 g/mol. The third-order valence-electron chi connectivity index (χ3n) is 4.70. The molecule has 1 saturated heterocycles. The Hall–Kier alpha value is -1.46. The van der Waals surface area contributed by atoms with Crippen molar-refractivity contribution in [3.8, 4) is 0 Å². The molecule has 5 atom stereocenters. The summed E-state index contributed by atoms with van der Waals surface area (Å²) in [6.07, 6.45) is -7.70. The maximum atomic E-state index is 13.8. The van der Waals surface area contributed by atoms with Crippen molar-refractivity contribution in [2.45, 2.75) is 58.4 Å². The molecule has 1 aliphatic heterocycles. The molecule has 0 spiro atoms. The van der Waals surface area contributed by atoms with Crippen LogP contribution in [0.4, 0.5) is 17.6 Å². The molecule has 7 nitrogen and oxygen atoms in total. The average Bonchev–Trinajstić information content (AvgIpc) is 2.53. The summed E-state index contributed by atoms with van der Waals surface area (Å²) in [6.45, 7) is 5.54. The highest BCUT2D eigenvalue weighted by atomic mass is 19.3. The second kappa shape index (κ2) is 9.36. The minimum Gasteiger partial charge on any atom is -0.466 e. The van der Waals surface area contributed by atoms with Gasteiger partial charge in [0.05, 0.1) is 13.2 Å². The zero-order chi connectivity index (χ0) is 21.9. The van der Waals surface area contributed by atoms with Crippen LogP contribution in [0.25, 0.3) is 0 Å². The molecule has 0 bridgehead atoms. The number of piperidine rings is 1. The summed E-state index contributed by atoms with van der Waals surface area (Å²) in [5, 5.41) is 22.4. The molecule has 164 valence electrons. The topological polar surface area (TPSA) is 105 Å². The van der Waals surface area contributed by atoms with Crippen molar-refractivity contribution < 1.29 is 46.8 Å². The van der Waals surface area contributed by atoms with Gasteiger partial charge in [0, 0.05) is 0 Å². The lowest BCUT2D eigenvalue weighted by Gasteiger charge is -2.53. The lowest BCUT2D eigenvalue weighted by Crippen LogP contribution is -2.78. The highest BCUT2D eigenvalue weighted by molar-refractivity contribution is 5.79. The smallest absolute Gasteiger partial charge is 0.313 e. The number of ether oxygens (including phenoxy) is 2. The van der Waals surface area contributed by atoms with E-state index in [1.165, 1.54) is 19.2 Å². The molecule has 0 aromatic carbocycles. The van der Waals surface area contributed by atoms with E-state index in [1.807, 2.05) is 0 Å². The molecule has 1 fully saturated rings. The summed E-state index contributed by atoms with van der Waals surface area (Å²) in [5.41, 5.74) is -7.08. The molecular formula is C17H27F4NO6. The lowest BCUT2D eigenvalue weighted by atomic mass is 9.64. The van der Waals surface area contributed by atoms with Crippen molar-refractivity contribution in [2.75, 3.05) is 13.2 Å². The Labute approximate surface area is 160 Å². The maximum absolute atomic E-state index is 13.8. The van der Waals surface area contributed by atoms with E-state index >= 15 is 0 Å². The van der Waals surface area contributed by atoms with E-state index in [-0.39, 0.29) is 25.6 Å². The van der Waals surface area contributed by atoms with Crippen LogP contribution in [-0.2, 0) is 19.1 Å². The van der Waals surface area contributed by atoms with Gasteiger partial charge in [-0.05, 0) is 32.1 Å². The summed E-state index contributed by atoms with van der Waals surface area (Å²) in [4.78, 5) is 24.9. The Kier molecular flexibility index (Phi) is 8.21. The number of rotatable bonds is 8. The first-order chi connectivity index (χ1) is 12.9. The molecule has 28 heavy (non-hydrogen) atoms. The number of carbonyl (C=O) groups excluding carboxylic acids is 2. The Morgan fingerprint density at radius 3 is 1.54 bits per heavy atom. The fourth-order valence-corrected chi connectivity index (χ4v) is 3.69. The van der Waals surface area contributed by atoms with Crippen LogP contribution < -0.4 is 5.32 Å². The van der Waals surface area contributed by atoms with Crippen LogP contribution in [-0.4, -0.2) is 59.7 Å². The number of esters is 2. The standard InChI is InChI=1S/C17H27F4NO6/c1-5-27-12(23)10-9(7-8(3)4)11(13(24)28-6-2)17(26,15(20)21)22-16(10,25)14(18)19/h8-11,14-15,22,25-26H,5-7H2,1-4H3/t9?,10-,11?,16-,17?/m0/s1. The molecule has 0 radical (unpaired) electrons. The summed E-state index contributed by atoms with van der Waals surface area (Å²) in [5.74, 6) is -8.74. The number of nitrogens with one attached hydrogen (secondary N) is 1. The molecule has 1 aliphatic rings. The summed E-state index contributed by atoms with van der Waals surface area (Å²) in [7, 11) is 0. The van der Waals surface area contributed by atoms with Gasteiger partial charge in [0.2, 0.25) is 0 Å². The Morgan fingerprint density at radius 1 is 0.929 bits per heavy atom. The third kappa shape index (κ3) is 4.57. The van der Waals surface area contributed by atoms with Gasteiger partial charge in [0.1, 0.15) is 11.8 Å². The van der Waals surface area contributed by atoms with Gasteiger partial charge >= 0.3 is 11.9 Å². The van der Waals surface area contributed by atoms with E-state index in [1.54, 1.807) is 13.8 Å². The molecule has 3 unspecified atom stereocenters. The molecule has 0 saturated carbocycles. The summed E-state index contributed by atoms with van der Waals surface area (Å²) in [6, 6.07) is 0. The van der Waals surface area contributed by atoms with E-state index in [9.17, 15) is 37.4 Å². The second-order valence-corrected chi connectivity index (χ2v) is 7.13. The normalized spacial score (nSPS) is 33.4. The van der Waals surface area contributed by atoms with E-state index in [0.29, 0.717) is 0 Å². The van der Waals surface area contributed by atoms with Gasteiger partial charge in [0.25, 0.3) is 12.9 Å². The molecule has 0 amide bonds. The van der Waals surface area contributed by atoms with Crippen molar-refractivity contribution >= 4 is 11.9 Å². The molecule has 0 aromatic heterocycles. The highest BCUT2D eigenvalue weighted by Gasteiger charge is 2.69. The summed E-state index contributed by atoms with van der Waals surface area (Å²) < 4.78 is 64.6. The zero-order valence-electron chi connectivity index (χ0n) is 16.1. The van der Waals surface area contributed by atoms with Crippen molar-refractivity contribution in [3.05, 3.63) is 0 Å². The second-order valence-electron chi connectivity index (χ2n) is 7.13. The van der Waals surface area contributed by atoms with E-state index < -0.39 is 54.0 Å².